The molecule has 184 valence electrons. The van der Waals surface area contributed by atoms with E-state index < -0.39 is 0 Å². The molecule has 4 aromatic carbocycles. The smallest absolute Gasteiger partial charge is 0.125 e. The molecule has 0 aliphatic carbocycles. The molecule has 0 unspecified atom stereocenters. The van der Waals surface area contributed by atoms with Crippen molar-refractivity contribution in [1.82, 2.24) is 15.0 Å². The minimum absolute atomic E-state index is 0.972. The Kier molecular flexibility index (Phi) is 6.00. The van der Waals surface area contributed by atoms with Crippen molar-refractivity contribution in [3.63, 3.8) is 0 Å². The fourth-order valence-electron chi connectivity index (χ4n) is 4.86. The first kappa shape index (κ1) is 23.2. The average molecular weight is 518 g/mol. The molecule has 0 aliphatic heterocycles. The van der Waals surface area contributed by atoms with Crippen molar-refractivity contribution in [2.75, 3.05) is 0 Å². The molecule has 0 aliphatic rings. The van der Waals surface area contributed by atoms with Crippen LogP contribution in [0, 0.1) is 0 Å². The van der Waals surface area contributed by atoms with E-state index in [4.69, 9.17) is 4.98 Å². The molecule has 7 rings (SSSR count). The Morgan fingerprint density at radius 3 is 1.62 bits per heavy atom. The number of para-hydroxylation sites is 1. The molecule has 0 radical (unpaired) electrons. The van der Waals surface area contributed by atoms with Crippen LogP contribution in [0.1, 0.15) is 0 Å². The summed E-state index contributed by atoms with van der Waals surface area (Å²) in [5.41, 5.74) is 11.0. The molecule has 0 fully saturated rings. The Morgan fingerprint density at radius 1 is 0.436 bits per heavy atom. The molecule has 0 spiro atoms. The van der Waals surface area contributed by atoms with Crippen LogP contribution in [0.3, 0.4) is 0 Å². The molecule has 39 heavy (non-hydrogen) atoms. The quantitative estimate of drug-likeness (QED) is 0.228. The van der Waals surface area contributed by atoms with Gasteiger partial charge in [-0.1, -0.05) is 84.9 Å². The lowest BCUT2D eigenvalue weighted by Crippen LogP contribution is -1.89. The third-order valence-electron chi connectivity index (χ3n) is 6.88. The standard InChI is InChI=1S/C35H23N3S/c1-2-10-34-33(9-1)38-35(39-34)30-23-28(24-11-15-26(16-12-24)31-7-3-5-21-36-31)19-20-29(30)25-13-17-27(18-14-25)32-8-4-6-22-37-32/h1-23H. The number of hydrogen-bond acceptors (Lipinski definition) is 4. The van der Waals surface area contributed by atoms with Gasteiger partial charge in [-0.05, 0) is 64.7 Å². The third kappa shape index (κ3) is 4.63. The zero-order valence-corrected chi connectivity index (χ0v) is 21.8. The van der Waals surface area contributed by atoms with Gasteiger partial charge in [0.05, 0.1) is 21.6 Å². The fourth-order valence-corrected chi connectivity index (χ4v) is 5.86. The van der Waals surface area contributed by atoms with Gasteiger partial charge in [0.15, 0.2) is 0 Å². The first-order valence-corrected chi connectivity index (χ1v) is 13.7. The number of benzene rings is 4. The van der Waals surface area contributed by atoms with E-state index in [-0.39, 0.29) is 0 Å². The second-order valence-corrected chi connectivity index (χ2v) is 10.4. The van der Waals surface area contributed by atoms with Gasteiger partial charge in [0.2, 0.25) is 0 Å². The van der Waals surface area contributed by atoms with Crippen LogP contribution in [-0.2, 0) is 0 Å². The molecule has 3 heterocycles. The molecule has 0 saturated carbocycles. The summed E-state index contributed by atoms with van der Waals surface area (Å²) in [6.45, 7) is 0. The normalized spacial score (nSPS) is 11.1. The highest BCUT2D eigenvalue weighted by molar-refractivity contribution is 7.21. The van der Waals surface area contributed by atoms with Crippen LogP contribution in [-0.4, -0.2) is 15.0 Å². The van der Waals surface area contributed by atoms with Crippen molar-refractivity contribution in [2.45, 2.75) is 0 Å². The summed E-state index contributed by atoms with van der Waals surface area (Å²) in [5.74, 6) is 0. The average Bonchev–Trinajstić information content (AvgIpc) is 3.46. The molecule has 0 N–H and O–H groups in total. The van der Waals surface area contributed by atoms with Crippen LogP contribution in [0.2, 0.25) is 0 Å². The van der Waals surface area contributed by atoms with Crippen molar-refractivity contribution < 1.29 is 0 Å². The van der Waals surface area contributed by atoms with E-state index in [0.717, 1.165) is 60.9 Å². The summed E-state index contributed by atoms with van der Waals surface area (Å²) in [5, 5.41) is 1.02. The van der Waals surface area contributed by atoms with Gasteiger partial charge >= 0.3 is 0 Å². The largest absolute Gasteiger partial charge is 0.256 e. The second-order valence-electron chi connectivity index (χ2n) is 9.33. The zero-order valence-electron chi connectivity index (χ0n) is 21.0. The maximum Gasteiger partial charge on any atom is 0.125 e. The van der Waals surface area contributed by atoms with Crippen molar-refractivity contribution in [2.24, 2.45) is 0 Å². The molecular formula is C35H23N3S. The summed E-state index contributed by atoms with van der Waals surface area (Å²) in [6, 6.07) is 44.3. The SMILES string of the molecule is c1ccc(-c2ccc(-c3ccc(-c4ccc(-c5ccccn5)cc4)c(-c4nc5ccccc5s4)c3)cc2)nc1. The van der Waals surface area contributed by atoms with Gasteiger partial charge in [-0.25, -0.2) is 4.98 Å². The highest BCUT2D eigenvalue weighted by atomic mass is 32.1. The zero-order chi connectivity index (χ0) is 26.0. The van der Waals surface area contributed by atoms with E-state index >= 15 is 0 Å². The van der Waals surface area contributed by atoms with Crippen molar-refractivity contribution in [1.29, 1.82) is 0 Å². The van der Waals surface area contributed by atoms with Crippen LogP contribution in [0.4, 0.5) is 0 Å². The first-order valence-electron chi connectivity index (χ1n) is 12.9. The third-order valence-corrected chi connectivity index (χ3v) is 7.95. The van der Waals surface area contributed by atoms with Crippen LogP contribution in [0.5, 0.6) is 0 Å². The van der Waals surface area contributed by atoms with E-state index in [1.54, 1.807) is 11.3 Å². The number of thiazole rings is 1. The number of hydrogen-bond donors (Lipinski definition) is 0. The van der Waals surface area contributed by atoms with Crippen LogP contribution >= 0.6 is 11.3 Å². The highest BCUT2D eigenvalue weighted by Crippen LogP contribution is 2.39. The van der Waals surface area contributed by atoms with E-state index in [2.05, 4.69) is 94.9 Å². The van der Waals surface area contributed by atoms with E-state index in [1.165, 1.54) is 4.70 Å². The molecule has 0 amide bonds. The minimum atomic E-state index is 0.972. The molecule has 0 saturated heterocycles. The van der Waals surface area contributed by atoms with Gasteiger partial charge in [0.1, 0.15) is 5.01 Å². The molecule has 3 nitrogen and oxygen atoms in total. The Morgan fingerprint density at radius 2 is 1.00 bits per heavy atom. The maximum absolute atomic E-state index is 5.02. The molecule has 0 atom stereocenters. The molecule has 0 bridgehead atoms. The number of fused-ring (bicyclic) bond motifs is 1. The van der Waals surface area contributed by atoms with Crippen molar-refractivity contribution in [3.8, 4) is 55.3 Å². The first-order chi connectivity index (χ1) is 19.3. The summed E-state index contributed by atoms with van der Waals surface area (Å²) in [4.78, 5) is 14.0. The molecule has 7 aromatic rings. The lowest BCUT2D eigenvalue weighted by Gasteiger charge is -2.12. The van der Waals surface area contributed by atoms with Gasteiger partial charge in [-0.3, -0.25) is 9.97 Å². The van der Waals surface area contributed by atoms with Gasteiger partial charge < -0.3 is 0 Å². The molecular weight excluding hydrogens is 494 g/mol. The fraction of sp³-hybridized carbons (Fsp3) is 0. The number of rotatable bonds is 5. The van der Waals surface area contributed by atoms with Gasteiger partial charge in [0.25, 0.3) is 0 Å². The lowest BCUT2D eigenvalue weighted by molar-refractivity contribution is 1.33. The Bertz CT molecular complexity index is 1840. The predicted octanol–water partition coefficient (Wildman–Crippen LogP) is 9.42. The van der Waals surface area contributed by atoms with E-state index in [0.29, 0.717) is 0 Å². The Labute approximate surface area is 231 Å². The molecule has 4 heteroatoms. The summed E-state index contributed by atoms with van der Waals surface area (Å²) >= 11 is 1.73. The van der Waals surface area contributed by atoms with Crippen LogP contribution < -0.4 is 0 Å². The van der Waals surface area contributed by atoms with Crippen LogP contribution in [0.15, 0.2) is 140 Å². The van der Waals surface area contributed by atoms with Crippen LogP contribution in [0.25, 0.3) is 65.6 Å². The van der Waals surface area contributed by atoms with E-state index in [9.17, 15) is 0 Å². The topological polar surface area (TPSA) is 38.7 Å². The van der Waals surface area contributed by atoms with Gasteiger partial charge in [0, 0.05) is 29.1 Å². The summed E-state index contributed by atoms with van der Waals surface area (Å²) < 4.78 is 1.19. The van der Waals surface area contributed by atoms with Crippen molar-refractivity contribution >= 4 is 21.6 Å². The number of pyridine rings is 2. The van der Waals surface area contributed by atoms with E-state index in [1.807, 2.05) is 54.9 Å². The Balaban J connectivity index is 1.32. The lowest BCUT2D eigenvalue weighted by atomic mass is 9.94. The Hall–Kier alpha value is -4.93. The second kappa shape index (κ2) is 10.1. The summed E-state index contributed by atoms with van der Waals surface area (Å²) in [7, 11) is 0. The maximum atomic E-state index is 5.02. The van der Waals surface area contributed by atoms with Gasteiger partial charge in [-0.2, -0.15) is 0 Å². The number of nitrogens with zero attached hydrogens (tertiary/aromatic N) is 3. The monoisotopic (exact) mass is 517 g/mol. The predicted molar refractivity (Wildman–Crippen MR) is 162 cm³/mol. The highest BCUT2D eigenvalue weighted by Gasteiger charge is 2.14. The van der Waals surface area contributed by atoms with Crippen molar-refractivity contribution in [3.05, 3.63) is 140 Å². The molecule has 3 aromatic heterocycles. The minimum Gasteiger partial charge on any atom is -0.256 e. The number of aromatic nitrogens is 3. The summed E-state index contributed by atoms with van der Waals surface area (Å²) in [6.07, 6.45) is 3.66. The van der Waals surface area contributed by atoms with Gasteiger partial charge in [-0.15, -0.1) is 11.3 Å².